The molecule has 0 aliphatic heterocycles. The minimum absolute atomic E-state index is 0.610. The molecular formula is C15H15N5. The maximum absolute atomic E-state index is 6.01. The molecule has 0 aliphatic carbocycles. The van der Waals surface area contributed by atoms with E-state index in [4.69, 9.17) is 5.73 Å². The Hall–Kier alpha value is -2.69. The van der Waals surface area contributed by atoms with E-state index in [0.717, 1.165) is 0 Å². The highest BCUT2D eigenvalue weighted by molar-refractivity contribution is 5.68. The van der Waals surface area contributed by atoms with Crippen molar-refractivity contribution < 1.29 is 0 Å². The zero-order chi connectivity index (χ0) is 13.9. The summed E-state index contributed by atoms with van der Waals surface area (Å²) < 4.78 is 1.84. The first-order chi connectivity index (χ1) is 9.74. The van der Waals surface area contributed by atoms with Crippen LogP contribution < -0.4 is 5.73 Å². The molecule has 2 heterocycles. The van der Waals surface area contributed by atoms with Crippen LogP contribution in [0, 0.1) is 6.92 Å². The van der Waals surface area contributed by atoms with E-state index in [-0.39, 0.29) is 0 Å². The van der Waals surface area contributed by atoms with Crippen LogP contribution in [0.1, 0.15) is 11.1 Å². The van der Waals surface area contributed by atoms with E-state index in [1.807, 2.05) is 23.0 Å². The fraction of sp³-hybridized carbons (Fsp3) is 0.133. The van der Waals surface area contributed by atoms with Gasteiger partial charge in [-0.25, -0.2) is 0 Å². The highest BCUT2D eigenvalue weighted by atomic mass is 15.3. The maximum Gasteiger partial charge on any atom is 0.135 e. The molecule has 0 bridgehead atoms. The quantitative estimate of drug-likeness (QED) is 0.788. The lowest BCUT2D eigenvalue weighted by molar-refractivity contribution is 0.686. The van der Waals surface area contributed by atoms with E-state index in [2.05, 4.69) is 34.1 Å². The van der Waals surface area contributed by atoms with Gasteiger partial charge in [-0.3, -0.25) is 14.6 Å². The second-order valence-electron chi connectivity index (χ2n) is 4.65. The molecule has 0 fully saturated rings. The summed E-state index contributed by atoms with van der Waals surface area (Å²) in [4.78, 5) is 8.27. The van der Waals surface area contributed by atoms with Crippen LogP contribution in [0.4, 0.5) is 5.69 Å². The van der Waals surface area contributed by atoms with Crippen LogP contribution in [-0.2, 0) is 6.54 Å². The Balaban J connectivity index is 1.92. The van der Waals surface area contributed by atoms with E-state index in [1.54, 1.807) is 18.6 Å². The number of aromatic nitrogens is 4. The fourth-order valence-electron chi connectivity index (χ4n) is 2.10. The van der Waals surface area contributed by atoms with Gasteiger partial charge in [-0.15, -0.1) is 0 Å². The van der Waals surface area contributed by atoms with Gasteiger partial charge in [0.25, 0.3) is 0 Å². The first kappa shape index (κ1) is 12.3. The summed E-state index contributed by atoms with van der Waals surface area (Å²) in [5, 5.41) is 4.51. The zero-order valence-electron chi connectivity index (χ0n) is 11.2. The molecule has 0 saturated heterocycles. The van der Waals surface area contributed by atoms with Crippen molar-refractivity contribution >= 4 is 5.69 Å². The lowest BCUT2D eigenvalue weighted by Crippen LogP contribution is -2.02. The summed E-state index contributed by atoms with van der Waals surface area (Å²) >= 11 is 0. The Kier molecular flexibility index (Phi) is 3.16. The third-order valence-corrected chi connectivity index (χ3v) is 3.19. The second kappa shape index (κ2) is 5.13. The first-order valence-corrected chi connectivity index (χ1v) is 6.38. The molecule has 0 atom stereocenters. The predicted octanol–water partition coefficient (Wildman–Crippen LogP) is 2.28. The van der Waals surface area contributed by atoms with Crippen molar-refractivity contribution in [2.24, 2.45) is 0 Å². The van der Waals surface area contributed by atoms with Gasteiger partial charge in [-0.05, 0) is 18.1 Å². The Morgan fingerprint density at radius 1 is 1.20 bits per heavy atom. The predicted molar refractivity (Wildman–Crippen MR) is 77.9 cm³/mol. The lowest BCUT2D eigenvalue weighted by atomic mass is 10.1. The molecule has 0 unspecified atom stereocenters. The molecule has 0 radical (unpaired) electrons. The molecule has 0 amide bonds. The highest BCUT2D eigenvalue weighted by Crippen LogP contribution is 2.21. The van der Waals surface area contributed by atoms with E-state index in [9.17, 15) is 0 Å². The maximum atomic E-state index is 6.01. The molecule has 2 N–H and O–H groups in total. The van der Waals surface area contributed by atoms with Gasteiger partial charge in [0, 0.05) is 18.6 Å². The number of benzene rings is 1. The molecule has 0 aliphatic rings. The third kappa shape index (κ3) is 2.38. The number of aryl methyl sites for hydroxylation is 1. The number of rotatable bonds is 3. The molecule has 1 aromatic carbocycles. The molecular weight excluding hydrogens is 250 g/mol. The van der Waals surface area contributed by atoms with Crippen LogP contribution in [-0.4, -0.2) is 19.7 Å². The van der Waals surface area contributed by atoms with Crippen LogP contribution in [0.5, 0.6) is 0 Å². The Morgan fingerprint density at radius 3 is 2.80 bits per heavy atom. The number of nitrogen functional groups attached to an aromatic ring is 1. The molecule has 3 rings (SSSR count). The minimum atomic E-state index is 0.610. The monoisotopic (exact) mass is 265 g/mol. The number of anilines is 1. The summed E-state index contributed by atoms with van der Waals surface area (Å²) in [6.07, 6.45) is 6.76. The van der Waals surface area contributed by atoms with E-state index in [0.29, 0.717) is 23.6 Å². The van der Waals surface area contributed by atoms with Gasteiger partial charge < -0.3 is 5.73 Å². The number of hydrogen-bond acceptors (Lipinski definition) is 4. The molecule has 20 heavy (non-hydrogen) atoms. The highest BCUT2D eigenvalue weighted by Gasteiger charge is 2.10. The Morgan fingerprint density at radius 2 is 2.05 bits per heavy atom. The van der Waals surface area contributed by atoms with Crippen molar-refractivity contribution in [3.05, 3.63) is 60.2 Å². The Bertz CT molecular complexity index is 718. The van der Waals surface area contributed by atoms with Crippen molar-refractivity contribution in [1.29, 1.82) is 0 Å². The lowest BCUT2D eigenvalue weighted by Gasteiger charge is -2.05. The SMILES string of the molecule is Cc1ccccc1Cn1cc(N)c(-c2cnccn2)n1. The topological polar surface area (TPSA) is 69.6 Å². The number of hydrogen-bond donors (Lipinski definition) is 1. The molecule has 100 valence electrons. The average Bonchev–Trinajstić information content (AvgIpc) is 2.83. The van der Waals surface area contributed by atoms with Gasteiger partial charge in [0.1, 0.15) is 11.4 Å². The molecule has 5 nitrogen and oxygen atoms in total. The second-order valence-corrected chi connectivity index (χ2v) is 4.65. The zero-order valence-corrected chi connectivity index (χ0v) is 11.2. The van der Waals surface area contributed by atoms with E-state index in [1.165, 1.54) is 11.1 Å². The molecule has 5 heteroatoms. The standard InChI is InChI=1S/C15H15N5/c1-11-4-2-3-5-12(11)9-20-10-13(16)15(19-20)14-8-17-6-7-18-14/h2-8,10H,9,16H2,1H3. The van der Waals surface area contributed by atoms with Crippen LogP contribution in [0.2, 0.25) is 0 Å². The average molecular weight is 265 g/mol. The van der Waals surface area contributed by atoms with Crippen molar-refractivity contribution in [3.63, 3.8) is 0 Å². The third-order valence-electron chi connectivity index (χ3n) is 3.19. The molecule has 2 aromatic heterocycles. The summed E-state index contributed by atoms with van der Waals surface area (Å²) in [6.45, 7) is 2.78. The van der Waals surface area contributed by atoms with Gasteiger partial charge in [0.05, 0.1) is 18.4 Å². The van der Waals surface area contributed by atoms with E-state index < -0.39 is 0 Å². The number of nitrogens with two attached hydrogens (primary N) is 1. The minimum Gasteiger partial charge on any atom is -0.396 e. The summed E-state index contributed by atoms with van der Waals surface area (Å²) in [6, 6.07) is 8.24. The van der Waals surface area contributed by atoms with Crippen LogP contribution in [0.15, 0.2) is 49.1 Å². The Labute approximate surface area is 117 Å². The smallest absolute Gasteiger partial charge is 0.135 e. The van der Waals surface area contributed by atoms with Crippen molar-refractivity contribution in [2.75, 3.05) is 5.73 Å². The van der Waals surface area contributed by atoms with Crippen molar-refractivity contribution in [2.45, 2.75) is 13.5 Å². The normalized spacial score (nSPS) is 10.7. The van der Waals surface area contributed by atoms with Gasteiger partial charge in [-0.1, -0.05) is 24.3 Å². The fourth-order valence-corrected chi connectivity index (χ4v) is 2.10. The molecule has 0 spiro atoms. The van der Waals surface area contributed by atoms with Gasteiger partial charge >= 0.3 is 0 Å². The van der Waals surface area contributed by atoms with Crippen LogP contribution in [0.3, 0.4) is 0 Å². The van der Waals surface area contributed by atoms with Crippen LogP contribution >= 0.6 is 0 Å². The first-order valence-electron chi connectivity index (χ1n) is 6.38. The van der Waals surface area contributed by atoms with E-state index >= 15 is 0 Å². The van der Waals surface area contributed by atoms with Crippen LogP contribution in [0.25, 0.3) is 11.4 Å². The van der Waals surface area contributed by atoms with Crippen molar-refractivity contribution in [3.8, 4) is 11.4 Å². The van der Waals surface area contributed by atoms with Gasteiger partial charge in [-0.2, -0.15) is 5.10 Å². The summed E-state index contributed by atoms with van der Waals surface area (Å²) in [5.74, 6) is 0. The molecule has 3 aromatic rings. The van der Waals surface area contributed by atoms with Gasteiger partial charge in [0.2, 0.25) is 0 Å². The van der Waals surface area contributed by atoms with Crippen molar-refractivity contribution in [1.82, 2.24) is 19.7 Å². The molecule has 0 saturated carbocycles. The van der Waals surface area contributed by atoms with Gasteiger partial charge in [0.15, 0.2) is 0 Å². The summed E-state index contributed by atoms with van der Waals surface area (Å²) in [7, 11) is 0. The largest absolute Gasteiger partial charge is 0.396 e. The number of nitrogens with zero attached hydrogens (tertiary/aromatic N) is 4. The summed E-state index contributed by atoms with van der Waals surface area (Å²) in [5.41, 5.74) is 10.4.